The molecule has 0 aromatic heterocycles. The molecule has 0 amide bonds. The maximum absolute atomic E-state index is 6.02. The van der Waals surface area contributed by atoms with Gasteiger partial charge in [0.2, 0.25) is 0 Å². The first kappa shape index (κ1) is 13.3. The van der Waals surface area contributed by atoms with Crippen LogP contribution in [0, 0.1) is 17.8 Å². The Morgan fingerprint density at radius 3 is 2.71 bits per heavy atom. The van der Waals surface area contributed by atoms with E-state index in [1.54, 1.807) is 0 Å². The lowest BCUT2D eigenvalue weighted by atomic mass is 9.83. The maximum atomic E-state index is 6.02. The molecule has 17 heavy (non-hydrogen) atoms. The van der Waals surface area contributed by atoms with E-state index in [2.05, 4.69) is 26.1 Å². The molecule has 1 saturated carbocycles. The Balaban J connectivity index is 1.88. The molecule has 2 rings (SSSR count). The minimum Gasteiger partial charge on any atom is -0.378 e. The Hall–Kier alpha value is -0.120. The van der Waals surface area contributed by atoms with Crippen molar-refractivity contribution >= 4 is 0 Å². The van der Waals surface area contributed by atoms with Crippen molar-refractivity contribution in [2.24, 2.45) is 23.5 Å². The van der Waals surface area contributed by atoms with Gasteiger partial charge in [-0.1, -0.05) is 20.8 Å². The number of hydrogen-bond donors (Lipinski definition) is 2. The van der Waals surface area contributed by atoms with E-state index in [9.17, 15) is 0 Å². The molecule has 3 nitrogen and oxygen atoms in total. The highest BCUT2D eigenvalue weighted by atomic mass is 16.5. The summed E-state index contributed by atoms with van der Waals surface area (Å²) in [6.07, 6.45) is 3.89. The summed E-state index contributed by atoms with van der Waals surface area (Å²) in [7, 11) is 0. The second-order valence-corrected chi connectivity index (χ2v) is 6.45. The summed E-state index contributed by atoms with van der Waals surface area (Å²) in [6, 6.07) is 0. The fourth-order valence-electron chi connectivity index (χ4n) is 2.83. The third-order valence-corrected chi connectivity index (χ3v) is 4.65. The summed E-state index contributed by atoms with van der Waals surface area (Å²) in [5.74, 6) is 2.39. The van der Waals surface area contributed by atoms with Crippen molar-refractivity contribution in [3.63, 3.8) is 0 Å². The molecule has 2 aliphatic rings. The van der Waals surface area contributed by atoms with E-state index in [0.717, 1.165) is 44.4 Å². The molecule has 0 aromatic rings. The third-order valence-electron chi connectivity index (χ3n) is 4.65. The highest BCUT2D eigenvalue weighted by Gasteiger charge is 2.39. The lowest BCUT2D eigenvalue weighted by Gasteiger charge is -2.42. The molecule has 1 saturated heterocycles. The summed E-state index contributed by atoms with van der Waals surface area (Å²) in [5, 5.41) is 3.76. The fraction of sp³-hybridized carbons (Fsp3) is 1.00. The first-order valence-corrected chi connectivity index (χ1v) is 7.13. The van der Waals surface area contributed by atoms with Gasteiger partial charge in [0.1, 0.15) is 0 Å². The Kier molecular flexibility index (Phi) is 4.11. The molecule has 4 atom stereocenters. The normalized spacial score (nSPS) is 41.8. The van der Waals surface area contributed by atoms with Crippen LogP contribution in [0.3, 0.4) is 0 Å². The van der Waals surface area contributed by atoms with Crippen LogP contribution in [0.4, 0.5) is 0 Å². The van der Waals surface area contributed by atoms with E-state index in [-0.39, 0.29) is 5.54 Å². The van der Waals surface area contributed by atoms with E-state index in [1.807, 2.05) is 0 Å². The van der Waals surface area contributed by atoms with Crippen LogP contribution in [-0.2, 0) is 4.74 Å². The minimum atomic E-state index is 0.134. The van der Waals surface area contributed by atoms with E-state index in [1.165, 1.54) is 6.42 Å². The predicted octanol–water partition coefficient (Wildman–Crippen LogP) is 1.76. The van der Waals surface area contributed by atoms with Gasteiger partial charge >= 0.3 is 0 Å². The standard InChI is InChI=1S/C14H28N2O/c1-10(2)13-7-14(9-15,4-5-17-13)16-8-12-6-11(12)3/h10-13,16H,4-9,15H2,1-3H3. The maximum Gasteiger partial charge on any atom is 0.0616 e. The van der Waals surface area contributed by atoms with Gasteiger partial charge < -0.3 is 15.8 Å². The van der Waals surface area contributed by atoms with Crippen LogP contribution in [0.2, 0.25) is 0 Å². The molecule has 2 fully saturated rings. The summed E-state index contributed by atoms with van der Waals surface area (Å²) < 4.78 is 5.84. The molecule has 4 unspecified atom stereocenters. The van der Waals surface area contributed by atoms with Crippen molar-refractivity contribution in [2.75, 3.05) is 19.7 Å². The van der Waals surface area contributed by atoms with Crippen molar-refractivity contribution in [1.82, 2.24) is 5.32 Å². The number of hydrogen-bond acceptors (Lipinski definition) is 3. The summed E-state index contributed by atoms with van der Waals surface area (Å²) in [5.41, 5.74) is 6.16. The van der Waals surface area contributed by atoms with Crippen LogP contribution in [0.15, 0.2) is 0 Å². The third kappa shape index (κ3) is 3.21. The second kappa shape index (κ2) is 5.25. The smallest absolute Gasteiger partial charge is 0.0616 e. The zero-order valence-electron chi connectivity index (χ0n) is 11.5. The van der Waals surface area contributed by atoms with Crippen LogP contribution in [0.5, 0.6) is 0 Å². The average molecular weight is 240 g/mol. The molecule has 0 aromatic carbocycles. The molecular formula is C14H28N2O. The number of nitrogens with two attached hydrogens (primary N) is 1. The van der Waals surface area contributed by atoms with E-state index in [0.29, 0.717) is 12.0 Å². The molecule has 1 aliphatic heterocycles. The Bertz CT molecular complexity index is 257. The van der Waals surface area contributed by atoms with Crippen LogP contribution in [0.1, 0.15) is 40.0 Å². The predicted molar refractivity (Wildman–Crippen MR) is 70.9 cm³/mol. The Morgan fingerprint density at radius 1 is 1.47 bits per heavy atom. The van der Waals surface area contributed by atoms with Crippen molar-refractivity contribution in [2.45, 2.75) is 51.7 Å². The van der Waals surface area contributed by atoms with Gasteiger partial charge in [-0.15, -0.1) is 0 Å². The van der Waals surface area contributed by atoms with Gasteiger partial charge in [0.05, 0.1) is 6.10 Å². The van der Waals surface area contributed by atoms with Gasteiger partial charge in [-0.25, -0.2) is 0 Å². The van der Waals surface area contributed by atoms with Crippen LogP contribution >= 0.6 is 0 Å². The second-order valence-electron chi connectivity index (χ2n) is 6.45. The number of nitrogens with one attached hydrogen (secondary N) is 1. The molecule has 1 aliphatic carbocycles. The van der Waals surface area contributed by atoms with E-state index < -0.39 is 0 Å². The topological polar surface area (TPSA) is 47.3 Å². The van der Waals surface area contributed by atoms with Crippen molar-refractivity contribution in [1.29, 1.82) is 0 Å². The van der Waals surface area contributed by atoms with E-state index in [4.69, 9.17) is 10.5 Å². The molecule has 1 heterocycles. The van der Waals surface area contributed by atoms with Crippen LogP contribution in [0.25, 0.3) is 0 Å². The first-order valence-electron chi connectivity index (χ1n) is 7.13. The molecule has 0 bridgehead atoms. The van der Waals surface area contributed by atoms with Gasteiger partial charge in [-0.2, -0.15) is 0 Å². The SMILES string of the molecule is CC(C)C1CC(CN)(NCC2CC2C)CCO1. The van der Waals surface area contributed by atoms with Crippen LogP contribution < -0.4 is 11.1 Å². The summed E-state index contributed by atoms with van der Waals surface area (Å²) in [4.78, 5) is 0. The molecule has 3 heteroatoms. The number of ether oxygens (including phenoxy) is 1. The summed E-state index contributed by atoms with van der Waals surface area (Å²) in [6.45, 7) is 9.54. The van der Waals surface area contributed by atoms with Crippen molar-refractivity contribution in [3.05, 3.63) is 0 Å². The molecule has 100 valence electrons. The fourth-order valence-corrected chi connectivity index (χ4v) is 2.83. The monoisotopic (exact) mass is 240 g/mol. The van der Waals surface area contributed by atoms with Gasteiger partial charge in [0, 0.05) is 18.7 Å². The van der Waals surface area contributed by atoms with Gasteiger partial charge in [0.15, 0.2) is 0 Å². The zero-order valence-corrected chi connectivity index (χ0v) is 11.5. The molecule has 0 spiro atoms. The van der Waals surface area contributed by atoms with Gasteiger partial charge in [-0.3, -0.25) is 0 Å². The van der Waals surface area contributed by atoms with Crippen molar-refractivity contribution < 1.29 is 4.74 Å². The number of rotatable bonds is 5. The van der Waals surface area contributed by atoms with Gasteiger partial charge in [0.25, 0.3) is 0 Å². The minimum absolute atomic E-state index is 0.134. The quantitative estimate of drug-likeness (QED) is 0.770. The first-order chi connectivity index (χ1) is 8.06. The average Bonchev–Trinajstić information content (AvgIpc) is 3.03. The van der Waals surface area contributed by atoms with Crippen LogP contribution in [-0.4, -0.2) is 31.3 Å². The van der Waals surface area contributed by atoms with Gasteiger partial charge in [-0.05, 0) is 43.6 Å². The highest BCUT2D eigenvalue weighted by Crippen LogP contribution is 2.38. The Labute approximate surface area is 105 Å². The lowest BCUT2D eigenvalue weighted by molar-refractivity contribution is -0.0495. The molecule has 0 radical (unpaired) electrons. The summed E-state index contributed by atoms with van der Waals surface area (Å²) >= 11 is 0. The zero-order chi connectivity index (χ0) is 12.5. The largest absolute Gasteiger partial charge is 0.378 e. The van der Waals surface area contributed by atoms with Crippen molar-refractivity contribution in [3.8, 4) is 0 Å². The lowest BCUT2D eigenvalue weighted by Crippen LogP contribution is -2.57. The molecular weight excluding hydrogens is 212 g/mol. The molecule has 3 N–H and O–H groups in total. The Morgan fingerprint density at radius 2 is 2.18 bits per heavy atom. The van der Waals surface area contributed by atoms with E-state index >= 15 is 0 Å². The highest BCUT2D eigenvalue weighted by molar-refractivity contribution is 4.97.